The van der Waals surface area contributed by atoms with Crippen LogP contribution in [0.2, 0.25) is 0 Å². The second-order valence-corrected chi connectivity index (χ2v) is 4.12. The van der Waals surface area contributed by atoms with Gasteiger partial charge in [0.05, 0.1) is 0 Å². The largest absolute Gasteiger partial charge is 0.480 e. The first kappa shape index (κ1) is 11.2. The molecular formula is C10H12BrNO2. The Morgan fingerprint density at radius 1 is 1.43 bits per heavy atom. The molecule has 0 saturated heterocycles. The molecule has 0 aliphatic carbocycles. The summed E-state index contributed by atoms with van der Waals surface area (Å²) in [7, 11) is 0. The standard InChI is InChI=1S/C10H12BrNO2/c1-6(9(12)10(13)14)7-2-4-8(11)5-3-7/h2-6,9H,12H2,1H3,(H,13,14). The van der Waals surface area contributed by atoms with Gasteiger partial charge < -0.3 is 10.8 Å². The molecule has 3 N–H and O–H groups in total. The second kappa shape index (κ2) is 4.57. The molecule has 0 aliphatic heterocycles. The summed E-state index contributed by atoms with van der Waals surface area (Å²) in [6, 6.07) is 6.65. The minimum atomic E-state index is -0.972. The number of aliphatic carboxylic acids is 1. The van der Waals surface area contributed by atoms with E-state index in [2.05, 4.69) is 15.9 Å². The fourth-order valence-corrected chi connectivity index (χ4v) is 1.45. The highest BCUT2D eigenvalue weighted by molar-refractivity contribution is 9.10. The van der Waals surface area contributed by atoms with Crippen LogP contribution in [0.15, 0.2) is 28.7 Å². The third-order valence-corrected chi connectivity index (χ3v) is 2.75. The summed E-state index contributed by atoms with van der Waals surface area (Å²) in [5.41, 5.74) is 6.45. The van der Waals surface area contributed by atoms with Crippen LogP contribution in [0.25, 0.3) is 0 Å². The Kier molecular flexibility index (Phi) is 3.66. The number of rotatable bonds is 3. The molecule has 0 saturated carbocycles. The van der Waals surface area contributed by atoms with Gasteiger partial charge in [0, 0.05) is 10.4 Å². The molecule has 3 nitrogen and oxygen atoms in total. The number of carboxylic acids is 1. The molecule has 4 heteroatoms. The van der Waals surface area contributed by atoms with Crippen LogP contribution in [0.3, 0.4) is 0 Å². The summed E-state index contributed by atoms with van der Waals surface area (Å²) in [4.78, 5) is 10.6. The number of hydrogen-bond donors (Lipinski definition) is 2. The van der Waals surface area contributed by atoms with Gasteiger partial charge in [0.1, 0.15) is 6.04 Å². The molecule has 1 aromatic carbocycles. The summed E-state index contributed by atoms with van der Waals surface area (Å²) in [5.74, 6) is -1.15. The van der Waals surface area contributed by atoms with Crippen molar-refractivity contribution < 1.29 is 9.90 Å². The smallest absolute Gasteiger partial charge is 0.321 e. The Bertz CT molecular complexity index is 323. The number of nitrogens with two attached hydrogens (primary N) is 1. The van der Waals surface area contributed by atoms with Crippen LogP contribution in [0, 0.1) is 0 Å². The highest BCUT2D eigenvalue weighted by Crippen LogP contribution is 2.20. The number of halogens is 1. The maximum Gasteiger partial charge on any atom is 0.321 e. The molecule has 0 spiro atoms. The molecule has 2 unspecified atom stereocenters. The van der Waals surface area contributed by atoms with E-state index >= 15 is 0 Å². The lowest BCUT2D eigenvalue weighted by atomic mass is 9.94. The number of hydrogen-bond acceptors (Lipinski definition) is 2. The first-order valence-electron chi connectivity index (χ1n) is 4.26. The molecule has 2 atom stereocenters. The van der Waals surface area contributed by atoms with Gasteiger partial charge in [0.2, 0.25) is 0 Å². The first-order chi connectivity index (χ1) is 6.52. The average molecular weight is 258 g/mol. The Balaban J connectivity index is 2.84. The Labute approximate surface area is 91.1 Å². The molecule has 0 aromatic heterocycles. The van der Waals surface area contributed by atoms with Crippen molar-refractivity contribution >= 4 is 21.9 Å². The molecule has 1 aromatic rings. The maximum absolute atomic E-state index is 10.6. The third kappa shape index (κ3) is 2.56. The van der Waals surface area contributed by atoms with Crippen LogP contribution < -0.4 is 5.73 Å². The van der Waals surface area contributed by atoms with E-state index < -0.39 is 12.0 Å². The van der Waals surface area contributed by atoms with E-state index in [0.29, 0.717) is 0 Å². The Hall–Kier alpha value is -0.870. The van der Waals surface area contributed by atoms with Crippen LogP contribution in [0.5, 0.6) is 0 Å². The van der Waals surface area contributed by atoms with Crippen molar-refractivity contribution in [2.45, 2.75) is 18.9 Å². The normalized spacial score (nSPS) is 14.8. The maximum atomic E-state index is 10.6. The summed E-state index contributed by atoms with van der Waals surface area (Å²) >= 11 is 3.31. The fourth-order valence-electron chi connectivity index (χ4n) is 1.19. The predicted molar refractivity (Wildman–Crippen MR) is 58.2 cm³/mol. The third-order valence-electron chi connectivity index (χ3n) is 2.22. The van der Waals surface area contributed by atoms with Crippen molar-refractivity contribution in [3.05, 3.63) is 34.3 Å². The molecular weight excluding hydrogens is 246 g/mol. The lowest BCUT2D eigenvalue weighted by molar-refractivity contribution is -0.139. The average Bonchev–Trinajstić information content (AvgIpc) is 2.16. The van der Waals surface area contributed by atoms with E-state index in [1.54, 1.807) is 0 Å². The lowest BCUT2D eigenvalue weighted by Gasteiger charge is -2.16. The number of carbonyl (C=O) groups is 1. The van der Waals surface area contributed by atoms with Crippen LogP contribution in [0.1, 0.15) is 18.4 Å². The Morgan fingerprint density at radius 3 is 2.36 bits per heavy atom. The van der Waals surface area contributed by atoms with Crippen LogP contribution >= 0.6 is 15.9 Å². The highest BCUT2D eigenvalue weighted by Gasteiger charge is 2.20. The second-order valence-electron chi connectivity index (χ2n) is 3.20. The van der Waals surface area contributed by atoms with E-state index in [0.717, 1.165) is 10.0 Å². The quantitative estimate of drug-likeness (QED) is 0.871. The van der Waals surface area contributed by atoms with Crippen molar-refractivity contribution in [3.8, 4) is 0 Å². The molecule has 76 valence electrons. The zero-order chi connectivity index (χ0) is 10.7. The van der Waals surface area contributed by atoms with Crippen molar-refractivity contribution in [1.29, 1.82) is 0 Å². The summed E-state index contributed by atoms with van der Waals surface area (Å²) in [6.45, 7) is 1.81. The first-order valence-corrected chi connectivity index (χ1v) is 5.05. The Morgan fingerprint density at radius 2 is 1.93 bits per heavy atom. The molecule has 14 heavy (non-hydrogen) atoms. The lowest BCUT2D eigenvalue weighted by Crippen LogP contribution is -2.35. The van der Waals surface area contributed by atoms with Crippen molar-refractivity contribution in [2.75, 3.05) is 0 Å². The highest BCUT2D eigenvalue weighted by atomic mass is 79.9. The van der Waals surface area contributed by atoms with Crippen LogP contribution in [-0.2, 0) is 4.79 Å². The minimum Gasteiger partial charge on any atom is -0.480 e. The van der Waals surface area contributed by atoms with Gasteiger partial charge in [-0.1, -0.05) is 35.0 Å². The molecule has 0 radical (unpaired) electrons. The molecule has 1 rings (SSSR count). The van der Waals surface area contributed by atoms with Crippen LogP contribution in [0.4, 0.5) is 0 Å². The molecule has 0 heterocycles. The van der Waals surface area contributed by atoms with Gasteiger partial charge in [-0.2, -0.15) is 0 Å². The van der Waals surface area contributed by atoms with Crippen molar-refractivity contribution in [3.63, 3.8) is 0 Å². The molecule has 0 bridgehead atoms. The zero-order valence-electron chi connectivity index (χ0n) is 7.77. The van der Waals surface area contributed by atoms with Gasteiger partial charge in [-0.05, 0) is 17.7 Å². The predicted octanol–water partition coefficient (Wildman–Crippen LogP) is 1.96. The van der Waals surface area contributed by atoms with Crippen molar-refractivity contribution in [1.82, 2.24) is 0 Å². The fraction of sp³-hybridized carbons (Fsp3) is 0.300. The molecule has 0 fully saturated rings. The van der Waals surface area contributed by atoms with E-state index in [4.69, 9.17) is 10.8 Å². The van der Waals surface area contributed by atoms with E-state index in [1.807, 2.05) is 31.2 Å². The van der Waals surface area contributed by atoms with E-state index in [-0.39, 0.29) is 5.92 Å². The van der Waals surface area contributed by atoms with Gasteiger partial charge in [-0.25, -0.2) is 0 Å². The van der Waals surface area contributed by atoms with Gasteiger partial charge in [-0.3, -0.25) is 4.79 Å². The number of carboxylic acid groups (broad SMARTS) is 1. The molecule has 0 aliphatic rings. The minimum absolute atomic E-state index is 0.180. The summed E-state index contributed by atoms with van der Waals surface area (Å²) in [5, 5.41) is 8.73. The van der Waals surface area contributed by atoms with E-state index in [1.165, 1.54) is 0 Å². The van der Waals surface area contributed by atoms with Gasteiger partial charge in [-0.15, -0.1) is 0 Å². The van der Waals surface area contributed by atoms with Gasteiger partial charge >= 0.3 is 5.97 Å². The van der Waals surface area contributed by atoms with E-state index in [9.17, 15) is 4.79 Å². The summed E-state index contributed by atoms with van der Waals surface area (Å²) in [6.07, 6.45) is 0. The zero-order valence-corrected chi connectivity index (χ0v) is 9.36. The summed E-state index contributed by atoms with van der Waals surface area (Å²) < 4.78 is 0.970. The van der Waals surface area contributed by atoms with Gasteiger partial charge in [0.15, 0.2) is 0 Å². The topological polar surface area (TPSA) is 63.3 Å². The monoisotopic (exact) mass is 257 g/mol. The molecule has 0 amide bonds. The van der Waals surface area contributed by atoms with Crippen LogP contribution in [-0.4, -0.2) is 17.1 Å². The van der Waals surface area contributed by atoms with Crippen molar-refractivity contribution in [2.24, 2.45) is 5.73 Å². The number of benzene rings is 1. The SMILES string of the molecule is CC(c1ccc(Br)cc1)C(N)C(=O)O. The van der Waals surface area contributed by atoms with Gasteiger partial charge in [0.25, 0.3) is 0 Å².